The third-order valence-corrected chi connectivity index (χ3v) is 18.1. The maximum atomic E-state index is 2.62. The zero-order valence-corrected chi connectivity index (χ0v) is 43.1. The Kier molecular flexibility index (Phi) is 10.3. The molecule has 76 heavy (non-hydrogen) atoms. The lowest BCUT2D eigenvalue weighted by Gasteiger charge is -2.40. The summed E-state index contributed by atoms with van der Waals surface area (Å²) >= 11 is 0. The molecule has 0 aliphatic heterocycles. The minimum atomic E-state index is -0.190. The number of hydrogen-bond acceptors (Lipinski definition) is 2. The molecule has 1 spiro atoms. The maximum Gasteiger partial charge on any atom is 0.0505 e. The van der Waals surface area contributed by atoms with E-state index in [0.29, 0.717) is 11.8 Å². The summed E-state index contributed by atoms with van der Waals surface area (Å²) < 4.78 is 0. The van der Waals surface area contributed by atoms with Crippen LogP contribution in [0.2, 0.25) is 0 Å². The summed E-state index contributed by atoms with van der Waals surface area (Å²) in [5.74, 6) is 0.977. The van der Waals surface area contributed by atoms with E-state index in [1.807, 2.05) is 0 Å². The highest BCUT2D eigenvalue weighted by Crippen LogP contribution is 2.69. The highest BCUT2D eigenvalue weighted by atomic mass is 15.2. The lowest BCUT2D eigenvalue weighted by atomic mass is 9.68. The van der Waals surface area contributed by atoms with Gasteiger partial charge in [0.05, 0.1) is 11.4 Å². The number of hydrogen-bond donors (Lipinski definition) is 0. The first-order chi connectivity index (χ1) is 37.5. The van der Waals surface area contributed by atoms with Gasteiger partial charge in [-0.2, -0.15) is 0 Å². The molecule has 2 nitrogen and oxygen atoms in total. The largest absolute Gasteiger partial charge is 0.310 e. The van der Waals surface area contributed by atoms with E-state index in [0.717, 1.165) is 18.5 Å². The van der Waals surface area contributed by atoms with Crippen LogP contribution in [0.25, 0.3) is 55.3 Å². The van der Waals surface area contributed by atoms with Crippen molar-refractivity contribution in [2.24, 2.45) is 11.8 Å². The topological polar surface area (TPSA) is 6.48 Å². The first-order valence-corrected chi connectivity index (χ1v) is 27.4. The number of fused-ring (bicyclic) bond motifs is 6. The van der Waals surface area contributed by atoms with Crippen LogP contribution in [0.3, 0.4) is 0 Å². The molecule has 0 saturated heterocycles. The smallest absolute Gasteiger partial charge is 0.0505 e. The SMILES string of the molecule is CC1(C)c2cc(N(c3ccccc3)c3cccc4c3C35c6c(cccc6N(c6ccccc6)c6ccc(-c7ccc8ccccc8c7-c7ccccc7)cc6)CC3CCC5C4)ccc2-c2c(-c3ccccc3)cccc21. The van der Waals surface area contributed by atoms with Crippen LogP contribution >= 0.6 is 0 Å². The van der Waals surface area contributed by atoms with Crippen molar-refractivity contribution in [3.8, 4) is 44.5 Å². The van der Waals surface area contributed by atoms with Crippen molar-refractivity contribution >= 4 is 44.9 Å². The van der Waals surface area contributed by atoms with Crippen LogP contribution in [0, 0.1) is 11.8 Å². The van der Waals surface area contributed by atoms with Gasteiger partial charge in [-0.15, -0.1) is 0 Å². The summed E-state index contributed by atoms with van der Waals surface area (Å²) in [6.07, 6.45) is 4.62. The molecule has 3 unspecified atom stereocenters. The molecular formula is C74H58N2. The van der Waals surface area contributed by atoms with Gasteiger partial charge in [0.2, 0.25) is 0 Å². The Balaban J connectivity index is 0.899. The summed E-state index contributed by atoms with van der Waals surface area (Å²) in [6.45, 7) is 4.84. The van der Waals surface area contributed by atoms with Crippen LogP contribution < -0.4 is 9.80 Å². The van der Waals surface area contributed by atoms with E-state index in [-0.39, 0.29) is 10.8 Å². The summed E-state index contributed by atoms with van der Waals surface area (Å²) in [5, 5.41) is 2.52. The van der Waals surface area contributed by atoms with Gasteiger partial charge in [-0.25, -0.2) is 0 Å². The first-order valence-electron chi connectivity index (χ1n) is 27.4. The Labute approximate surface area is 447 Å². The van der Waals surface area contributed by atoms with Crippen LogP contribution in [0.15, 0.2) is 255 Å². The minimum absolute atomic E-state index is 0.176. The number of anilines is 6. The molecule has 4 aliphatic carbocycles. The van der Waals surface area contributed by atoms with Crippen LogP contribution in [0.5, 0.6) is 0 Å². The average Bonchev–Trinajstić information content (AvgIpc) is 4.37. The van der Waals surface area contributed by atoms with Gasteiger partial charge in [0, 0.05) is 33.6 Å². The van der Waals surface area contributed by atoms with Gasteiger partial charge < -0.3 is 9.80 Å². The maximum absolute atomic E-state index is 2.62. The van der Waals surface area contributed by atoms with Crippen molar-refractivity contribution < 1.29 is 0 Å². The summed E-state index contributed by atoms with van der Waals surface area (Å²) in [5.41, 5.74) is 26.0. The van der Waals surface area contributed by atoms with Gasteiger partial charge in [0.1, 0.15) is 0 Å². The molecule has 0 radical (unpaired) electrons. The molecule has 0 heterocycles. The molecule has 4 aliphatic rings. The monoisotopic (exact) mass is 974 g/mol. The fraction of sp³-hybridized carbons (Fsp3) is 0.135. The van der Waals surface area contributed by atoms with Crippen molar-refractivity contribution in [1.82, 2.24) is 0 Å². The number of rotatable bonds is 9. The summed E-state index contributed by atoms with van der Waals surface area (Å²) in [4.78, 5) is 5.20. The zero-order chi connectivity index (χ0) is 50.5. The lowest BCUT2D eigenvalue weighted by molar-refractivity contribution is 0.350. The van der Waals surface area contributed by atoms with Crippen LogP contribution in [-0.4, -0.2) is 0 Å². The second-order valence-electron chi connectivity index (χ2n) is 22.3. The lowest BCUT2D eigenvalue weighted by Crippen LogP contribution is -2.34. The van der Waals surface area contributed by atoms with Gasteiger partial charge in [0.15, 0.2) is 0 Å². The summed E-state index contributed by atoms with van der Waals surface area (Å²) in [6, 6.07) is 95.7. The molecule has 11 aromatic carbocycles. The van der Waals surface area contributed by atoms with E-state index in [1.54, 1.807) is 0 Å². The van der Waals surface area contributed by atoms with E-state index in [2.05, 4.69) is 278 Å². The molecule has 1 saturated carbocycles. The van der Waals surface area contributed by atoms with Gasteiger partial charge in [-0.05, 0) is 187 Å². The predicted octanol–water partition coefficient (Wildman–Crippen LogP) is 19.5. The molecule has 0 N–H and O–H groups in total. The van der Waals surface area contributed by atoms with Crippen molar-refractivity contribution in [2.75, 3.05) is 9.80 Å². The van der Waals surface area contributed by atoms with Crippen LogP contribution in [-0.2, 0) is 23.7 Å². The second-order valence-corrected chi connectivity index (χ2v) is 22.3. The van der Waals surface area contributed by atoms with E-state index in [9.17, 15) is 0 Å². The third kappa shape index (κ3) is 6.66. The minimum Gasteiger partial charge on any atom is -0.310 e. The fourth-order valence-electron chi connectivity index (χ4n) is 15.0. The molecular weight excluding hydrogens is 917 g/mol. The molecule has 0 bridgehead atoms. The van der Waals surface area contributed by atoms with Gasteiger partial charge in [-0.1, -0.05) is 208 Å². The first kappa shape index (κ1) is 44.7. The average molecular weight is 975 g/mol. The number of benzene rings is 11. The Morgan fingerprint density at radius 1 is 0.355 bits per heavy atom. The van der Waals surface area contributed by atoms with Crippen LogP contribution in [0.1, 0.15) is 60.1 Å². The molecule has 3 atom stereocenters. The van der Waals surface area contributed by atoms with E-state index in [1.165, 1.54) is 130 Å². The van der Waals surface area contributed by atoms with Crippen molar-refractivity contribution in [2.45, 2.75) is 50.4 Å². The Morgan fingerprint density at radius 3 is 1.47 bits per heavy atom. The quantitative estimate of drug-likeness (QED) is 0.142. The van der Waals surface area contributed by atoms with Crippen molar-refractivity contribution in [3.05, 3.63) is 288 Å². The molecule has 2 heteroatoms. The van der Waals surface area contributed by atoms with E-state index in [4.69, 9.17) is 0 Å². The molecule has 0 aromatic heterocycles. The highest BCUT2D eigenvalue weighted by molar-refractivity contribution is 6.04. The van der Waals surface area contributed by atoms with Gasteiger partial charge in [-0.3, -0.25) is 0 Å². The van der Waals surface area contributed by atoms with E-state index >= 15 is 0 Å². The van der Waals surface area contributed by atoms with E-state index < -0.39 is 0 Å². The number of nitrogens with zero attached hydrogens (tertiary/aromatic N) is 2. The highest BCUT2D eigenvalue weighted by Gasteiger charge is 2.62. The molecule has 1 fully saturated rings. The molecule has 364 valence electrons. The van der Waals surface area contributed by atoms with Crippen molar-refractivity contribution in [1.29, 1.82) is 0 Å². The number of para-hydroxylation sites is 2. The molecule has 0 amide bonds. The van der Waals surface area contributed by atoms with Crippen molar-refractivity contribution in [3.63, 3.8) is 0 Å². The van der Waals surface area contributed by atoms with Gasteiger partial charge in [0.25, 0.3) is 0 Å². The second kappa shape index (κ2) is 17.4. The van der Waals surface area contributed by atoms with Crippen LogP contribution in [0.4, 0.5) is 34.1 Å². The third-order valence-electron chi connectivity index (χ3n) is 18.1. The fourth-order valence-corrected chi connectivity index (χ4v) is 15.0. The normalized spacial score (nSPS) is 18.1. The standard InChI is InChI=1S/C74H58N2/c1-73(2)65-33-19-32-62(49-20-7-3-8-21-49)70(65)64-45-43-60(48-66(64)73)76(58-29-13-6-14-30-58)68-35-18-26-54-47-56-40-39-55-46-53-25-17-34-67(71(53)74(55,56)72(54)68)75(57-27-11-5-12-28-57)59-41-36-51(37-42-59)63-44-38-50-22-15-16-31-61(50)69(63)52-23-9-4-10-24-52/h3-38,41-45,48,55-56H,39-40,46-47H2,1-2H3. The van der Waals surface area contributed by atoms with Gasteiger partial charge >= 0.3 is 0 Å². The zero-order valence-electron chi connectivity index (χ0n) is 43.1. The Morgan fingerprint density at radius 2 is 0.842 bits per heavy atom. The molecule has 15 rings (SSSR count). The predicted molar refractivity (Wildman–Crippen MR) is 318 cm³/mol. The Hall–Kier alpha value is -8.72. The summed E-state index contributed by atoms with van der Waals surface area (Å²) in [7, 11) is 0. The molecule has 11 aromatic rings. The Bertz CT molecular complexity index is 4020.